The zero-order valence-electron chi connectivity index (χ0n) is 18.9. The molecule has 3 rings (SSSR count). The third-order valence-corrected chi connectivity index (χ3v) is 5.46. The van der Waals surface area contributed by atoms with Gasteiger partial charge < -0.3 is 19.6 Å². The summed E-state index contributed by atoms with van der Waals surface area (Å²) < 4.78 is 5.65. The molecule has 168 valence electrons. The molecule has 1 unspecified atom stereocenters. The van der Waals surface area contributed by atoms with Crippen LogP contribution in [0.5, 0.6) is 5.75 Å². The highest BCUT2D eigenvalue weighted by atomic mass is 16.5. The van der Waals surface area contributed by atoms with E-state index in [9.17, 15) is 14.7 Å². The largest absolute Gasteiger partial charge is 0.872 e. The molecule has 1 N–H and O–H groups in total. The SMILES string of the molecule is C=CCOc1cccc(C2C(=C([O-])c3ccc(C)cc3)C(=O)C(=O)N2CCC[NH+](C)C)c1. The maximum absolute atomic E-state index is 13.4. The third kappa shape index (κ3) is 5.08. The Kier molecular flexibility index (Phi) is 7.49. The molecule has 1 atom stereocenters. The van der Waals surface area contributed by atoms with Gasteiger partial charge in [0.2, 0.25) is 5.78 Å². The van der Waals surface area contributed by atoms with Gasteiger partial charge in [0, 0.05) is 18.5 Å². The van der Waals surface area contributed by atoms with Gasteiger partial charge in [-0.15, -0.1) is 0 Å². The number of quaternary nitrogens is 1. The second-order valence-corrected chi connectivity index (χ2v) is 8.32. The summed E-state index contributed by atoms with van der Waals surface area (Å²) >= 11 is 0. The molecule has 6 nitrogen and oxygen atoms in total. The molecule has 1 heterocycles. The van der Waals surface area contributed by atoms with Crippen LogP contribution in [-0.2, 0) is 9.59 Å². The Bertz CT molecular complexity index is 1020. The number of carbonyl (C=O) groups excluding carboxylic acids is 2. The summed E-state index contributed by atoms with van der Waals surface area (Å²) in [6.07, 6.45) is 2.36. The van der Waals surface area contributed by atoms with Crippen molar-refractivity contribution in [3.63, 3.8) is 0 Å². The molecule has 0 radical (unpaired) electrons. The summed E-state index contributed by atoms with van der Waals surface area (Å²) in [5, 5.41) is 13.4. The Hall–Kier alpha value is -3.38. The molecule has 0 saturated carbocycles. The van der Waals surface area contributed by atoms with Crippen LogP contribution in [0.2, 0.25) is 0 Å². The van der Waals surface area contributed by atoms with Gasteiger partial charge in [-0.05, 0) is 30.2 Å². The van der Waals surface area contributed by atoms with Crippen molar-refractivity contribution in [2.24, 2.45) is 0 Å². The third-order valence-electron chi connectivity index (χ3n) is 5.46. The minimum Gasteiger partial charge on any atom is -0.872 e. The van der Waals surface area contributed by atoms with E-state index in [2.05, 4.69) is 6.58 Å². The molecule has 1 fully saturated rings. The number of nitrogens with zero attached hydrogens (tertiary/aromatic N) is 1. The number of amides is 1. The van der Waals surface area contributed by atoms with E-state index in [0.717, 1.165) is 18.5 Å². The van der Waals surface area contributed by atoms with E-state index in [1.165, 1.54) is 9.80 Å². The van der Waals surface area contributed by atoms with E-state index in [1.807, 2.05) is 39.2 Å². The van der Waals surface area contributed by atoms with Crippen LogP contribution in [-0.4, -0.2) is 50.4 Å². The minimum atomic E-state index is -0.742. The number of carbonyl (C=O) groups is 2. The van der Waals surface area contributed by atoms with E-state index in [4.69, 9.17) is 4.74 Å². The van der Waals surface area contributed by atoms with E-state index >= 15 is 0 Å². The van der Waals surface area contributed by atoms with Crippen molar-refractivity contribution in [1.29, 1.82) is 0 Å². The van der Waals surface area contributed by atoms with Gasteiger partial charge in [-0.3, -0.25) is 9.59 Å². The van der Waals surface area contributed by atoms with Gasteiger partial charge in [-0.25, -0.2) is 0 Å². The molecule has 1 aliphatic rings. The first-order valence-corrected chi connectivity index (χ1v) is 10.8. The molecule has 6 heteroatoms. The molecule has 2 aromatic carbocycles. The lowest BCUT2D eigenvalue weighted by molar-refractivity contribution is -0.858. The molecule has 0 aliphatic carbocycles. The van der Waals surface area contributed by atoms with Crippen LogP contribution >= 0.6 is 0 Å². The van der Waals surface area contributed by atoms with Crippen molar-refractivity contribution in [3.8, 4) is 5.75 Å². The normalized spacial score (nSPS) is 17.8. The summed E-state index contributed by atoms with van der Waals surface area (Å²) in [6, 6.07) is 13.5. The number of ether oxygens (including phenoxy) is 1. The Morgan fingerprint density at radius 3 is 2.56 bits per heavy atom. The number of rotatable bonds is 9. The van der Waals surface area contributed by atoms with Crippen LogP contribution in [0.25, 0.3) is 5.76 Å². The standard InChI is InChI=1S/C26H30N2O4/c1-5-16-32-21-9-6-8-20(17-21)23-22(24(29)19-12-10-18(2)11-13-19)25(30)26(31)28(23)15-7-14-27(3)4/h5-6,8-13,17,23,29H,1,7,14-16H2,2-4H3. The number of hydrogen-bond acceptors (Lipinski definition) is 4. The first kappa shape index (κ1) is 23.3. The Morgan fingerprint density at radius 1 is 1.19 bits per heavy atom. The van der Waals surface area contributed by atoms with Gasteiger partial charge in [-0.1, -0.05) is 60.4 Å². The quantitative estimate of drug-likeness (QED) is 0.280. The first-order valence-electron chi connectivity index (χ1n) is 10.8. The van der Waals surface area contributed by atoms with Crippen LogP contribution in [0.4, 0.5) is 0 Å². The van der Waals surface area contributed by atoms with Crippen LogP contribution in [0.15, 0.2) is 66.8 Å². The van der Waals surface area contributed by atoms with Gasteiger partial charge in [0.25, 0.3) is 5.91 Å². The summed E-state index contributed by atoms with van der Waals surface area (Å²) in [5.41, 5.74) is 2.09. The summed E-state index contributed by atoms with van der Waals surface area (Å²) in [5.74, 6) is -1.17. The van der Waals surface area contributed by atoms with Crippen molar-refractivity contribution in [3.05, 3.63) is 83.4 Å². The first-order chi connectivity index (χ1) is 15.3. The van der Waals surface area contributed by atoms with E-state index in [1.54, 1.807) is 36.4 Å². The highest BCUT2D eigenvalue weighted by Gasteiger charge is 2.44. The van der Waals surface area contributed by atoms with Crippen molar-refractivity contribution < 1.29 is 24.3 Å². The number of aryl methyl sites for hydroxylation is 1. The highest BCUT2D eigenvalue weighted by Crippen LogP contribution is 2.39. The van der Waals surface area contributed by atoms with Gasteiger partial charge >= 0.3 is 0 Å². The van der Waals surface area contributed by atoms with Crippen LogP contribution in [0, 0.1) is 6.92 Å². The van der Waals surface area contributed by atoms with Crippen LogP contribution in [0.1, 0.15) is 29.2 Å². The number of Topliss-reactive ketones (excluding diaryl/α,β-unsaturated/α-hetero) is 1. The zero-order valence-corrected chi connectivity index (χ0v) is 18.9. The average Bonchev–Trinajstić information content (AvgIpc) is 3.02. The Balaban J connectivity index is 2.08. The molecular formula is C26H30N2O4. The van der Waals surface area contributed by atoms with Crippen molar-refractivity contribution in [2.45, 2.75) is 19.4 Å². The van der Waals surface area contributed by atoms with Gasteiger partial charge in [0.1, 0.15) is 12.4 Å². The molecule has 1 saturated heterocycles. The summed E-state index contributed by atoms with van der Waals surface area (Å²) in [7, 11) is 4.07. The second-order valence-electron chi connectivity index (χ2n) is 8.32. The average molecular weight is 435 g/mol. The summed E-state index contributed by atoms with van der Waals surface area (Å²) in [4.78, 5) is 28.8. The molecule has 1 amide bonds. The zero-order chi connectivity index (χ0) is 23.3. The number of ketones is 1. The fraction of sp³-hybridized carbons (Fsp3) is 0.308. The molecule has 0 aromatic heterocycles. The molecule has 32 heavy (non-hydrogen) atoms. The van der Waals surface area contributed by atoms with Crippen molar-refractivity contribution in [2.75, 3.05) is 33.8 Å². The molecule has 1 aliphatic heterocycles. The lowest BCUT2D eigenvalue weighted by atomic mass is 9.95. The molecule has 0 spiro atoms. The highest BCUT2D eigenvalue weighted by molar-refractivity contribution is 6.46. The minimum absolute atomic E-state index is 0.00285. The van der Waals surface area contributed by atoms with Gasteiger partial charge in [0.05, 0.1) is 26.7 Å². The maximum atomic E-state index is 13.4. The second kappa shape index (κ2) is 10.3. The predicted molar refractivity (Wildman–Crippen MR) is 122 cm³/mol. The topological polar surface area (TPSA) is 74.1 Å². The number of likely N-dealkylation sites (tertiary alicyclic amines) is 1. The van der Waals surface area contributed by atoms with Crippen molar-refractivity contribution >= 4 is 17.4 Å². The fourth-order valence-corrected chi connectivity index (χ4v) is 3.84. The van der Waals surface area contributed by atoms with Gasteiger partial charge in [-0.2, -0.15) is 0 Å². The van der Waals surface area contributed by atoms with E-state index in [-0.39, 0.29) is 5.57 Å². The Morgan fingerprint density at radius 2 is 1.91 bits per heavy atom. The Labute approximate surface area is 189 Å². The maximum Gasteiger partial charge on any atom is 0.295 e. The van der Waals surface area contributed by atoms with Gasteiger partial charge in [0.15, 0.2) is 0 Å². The smallest absolute Gasteiger partial charge is 0.295 e. The molecular weight excluding hydrogens is 404 g/mol. The monoisotopic (exact) mass is 434 g/mol. The number of nitrogens with one attached hydrogen (secondary N) is 1. The lowest BCUT2D eigenvalue weighted by Crippen LogP contribution is -3.05. The number of benzene rings is 2. The summed E-state index contributed by atoms with van der Waals surface area (Å²) in [6.45, 7) is 7.15. The molecule has 2 aromatic rings. The predicted octanol–water partition coefficient (Wildman–Crippen LogP) is 1.32. The lowest BCUT2D eigenvalue weighted by Gasteiger charge is -2.28. The van der Waals surface area contributed by atoms with Crippen molar-refractivity contribution in [1.82, 2.24) is 4.90 Å². The fourth-order valence-electron chi connectivity index (χ4n) is 3.84. The van der Waals surface area contributed by atoms with Crippen LogP contribution < -0.4 is 14.7 Å². The number of hydrogen-bond donors (Lipinski definition) is 1. The van der Waals surface area contributed by atoms with Crippen LogP contribution in [0.3, 0.4) is 0 Å². The van der Waals surface area contributed by atoms with E-state index in [0.29, 0.717) is 30.0 Å². The molecule has 0 bridgehead atoms. The van der Waals surface area contributed by atoms with E-state index < -0.39 is 23.5 Å².